The molecule has 0 spiro atoms. The smallest absolute Gasteiger partial charge is 0.335 e. The number of nitrogens with one attached hydrogen (secondary N) is 1. The van der Waals surface area contributed by atoms with Gasteiger partial charge < -0.3 is 25.7 Å². The van der Waals surface area contributed by atoms with Crippen molar-refractivity contribution in [2.45, 2.75) is 25.6 Å². The molecule has 7 nitrogen and oxygen atoms in total. The minimum absolute atomic E-state index is 0.0670. The van der Waals surface area contributed by atoms with Crippen LogP contribution in [0, 0.1) is 0 Å². The predicted octanol–water partition coefficient (Wildman–Crippen LogP) is 0.0109. The third kappa shape index (κ3) is 4.22. The average molecular weight is 283 g/mol. The summed E-state index contributed by atoms with van der Waals surface area (Å²) in [5.74, 6) is -1.77. The van der Waals surface area contributed by atoms with Gasteiger partial charge in [0.2, 0.25) is 5.91 Å². The quantitative estimate of drug-likeness (QED) is 0.500. The fraction of sp³-hybridized carbons (Fsp3) is 0.385. The Morgan fingerprint density at radius 1 is 1.30 bits per heavy atom. The normalized spacial score (nSPS) is 13.6. The van der Waals surface area contributed by atoms with Gasteiger partial charge in [-0.2, -0.15) is 0 Å². The Labute approximate surface area is 115 Å². The first-order valence-electron chi connectivity index (χ1n) is 5.99. The lowest BCUT2D eigenvalue weighted by Crippen LogP contribution is -2.27. The molecule has 0 saturated carbocycles. The molecule has 0 bridgehead atoms. The fourth-order valence-electron chi connectivity index (χ4n) is 1.69. The molecule has 0 radical (unpaired) electrons. The molecule has 0 aliphatic carbocycles. The van der Waals surface area contributed by atoms with Crippen molar-refractivity contribution >= 4 is 11.9 Å². The van der Waals surface area contributed by atoms with Gasteiger partial charge in [0.05, 0.1) is 11.7 Å². The number of aromatic hydroxyl groups is 1. The topological polar surface area (TPSA) is 127 Å². The summed E-state index contributed by atoms with van der Waals surface area (Å²) in [5.41, 5.74) is -0.175. The summed E-state index contributed by atoms with van der Waals surface area (Å²) in [6, 6.07) is 3.43. The second kappa shape index (κ2) is 6.88. The van der Waals surface area contributed by atoms with E-state index < -0.39 is 18.2 Å². The zero-order valence-corrected chi connectivity index (χ0v) is 10.9. The van der Waals surface area contributed by atoms with Gasteiger partial charge in [-0.05, 0) is 24.6 Å². The van der Waals surface area contributed by atoms with Crippen LogP contribution in [-0.4, -0.2) is 45.0 Å². The van der Waals surface area contributed by atoms with Crippen molar-refractivity contribution in [2.24, 2.45) is 0 Å². The first-order valence-corrected chi connectivity index (χ1v) is 5.99. The SMILES string of the molecule is CC(=O)NCCC(O)C(O)c1cc(C(=O)O)ccc1O. The Hall–Kier alpha value is -2.12. The summed E-state index contributed by atoms with van der Waals surface area (Å²) in [5, 5.41) is 40.6. The molecule has 110 valence electrons. The van der Waals surface area contributed by atoms with E-state index in [1.165, 1.54) is 13.0 Å². The largest absolute Gasteiger partial charge is 0.508 e. The number of carbonyl (C=O) groups excluding carboxylic acids is 1. The number of aromatic carboxylic acids is 1. The molecule has 1 rings (SSSR count). The van der Waals surface area contributed by atoms with Crippen LogP contribution >= 0.6 is 0 Å². The number of amides is 1. The molecular weight excluding hydrogens is 266 g/mol. The molecule has 0 aliphatic heterocycles. The summed E-state index contributed by atoms with van der Waals surface area (Å²) in [6.07, 6.45) is -2.61. The van der Waals surface area contributed by atoms with Crippen molar-refractivity contribution in [1.29, 1.82) is 0 Å². The van der Waals surface area contributed by atoms with Crippen molar-refractivity contribution in [3.8, 4) is 5.75 Å². The standard InChI is InChI=1S/C13H17NO6/c1-7(15)14-5-4-11(17)12(18)9-6-8(13(19)20)2-3-10(9)16/h2-3,6,11-12,16-18H,4-5H2,1H3,(H,14,15)(H,19,20). The first kappa shape index (κ1) is 15.9. The van der Waals surface area contributed by atoms with Crippen LogP contribution in [0.1, 0.15) is 35.4 Å². The van der Waals surface area contributed by atoms with E-state index in [4.69, 9.17) is 5.11 Å². The third-order valence-electron chi connectivity index (χ3n) is 2.77. The second-order valence-electron chi connectivity index (χ2n) is 4.36. The van der Waals surface area contributed by atoms with Crippen LogP contribution in [0.3, 0.4) is 0 Å². The number of rotatable bonds is 6. The van der Waals surface area contributed by atoms with Gasteiger partial charge in [0, 0.05) is 19.0 Å². The number of phenols is 1. The highest BCUT2D eigenvalue weighted by molar-refractivity contribution is 5.88. The van der Waals surface area contributed by atoms with E-state index in [9.17, 15) is 24.9 Å². The molecule has 0 fully saturated rings. The van der Waals surface area contributed by atoms with Crippen LogP contribution in [0.25, 0.3) is 0 Å². The van der Waals surface area contributed by atoms with E-state index in [0.29, 0.717) is 0 Å². The molecule has 7 heteroatoms. The molecule has 0 heterocycles. The Kier molecular flexibility index (Phi) is 5.48. The summed E-state index contributed by atoms with van der Waals surface area (Å²) >= 11 is 0. The van der Waals surface area contributed by atoms with E-state index in [-0.39, 0.29) is 35.7 Å². The molecule has 0 aliphatic rings. The number of benzene rings is 1. The molecule has 1 aromatic carbocycles. The van der Waals surface area contributed by atoms with Gasteiger partial charge in [0.1, 0.15) is 11.9 Å². The Morgan fingerprint density at radius 2 is 1.95 bits per heavy atom. The highest BCUT2D eigenvalue weighted by atomic mass is 16.4. The molecule has 2 atom stereocenters. The van der Waals surface area contributed by atoms with Crippen LogP contribution in [0.15, 0.2) is 18.2 Å². The summed E-state index contributed by atoms with van der Waals surface area (Å²) in [6.45, 7) is 1.48. The lowest BCUT2D eigenvalue weighted by Gasteiger charge is -2.19. The number of aliphatic hydroxyl groups is 2. The number of carboxylic acid groups (broad SMARTS) is 1. The maximum Gasteiger partial charge on any atom is 0.335 e. The monoisotopic (exact) mass is 283 g/mol. The van der Waals surface area contributed by atoms with Crippen LogP contribution in [0.4, 0.5) is 0 Å². The van der Waals surface area contributed by atoms with E-state index in [1.54, 1.807) is 0 Å². The third-order valence-corrected chi connectivity index (χ3v) is 2.77. The van der Waals surface area contributed by atoms with Crippen molar-refractivity contribution in [2.75, 3.05) is 6.54 Å². The number of hydrogen-bond acceptors (Lipinski definition) is 5. The molecular formula is C13H17NO6. The number of aliphatic hydroxyl groups excluding tert-OH is 2. The number of hydrogen-bond donors (Lipinski definition) is 5. The Bertz CT molecular complexity index is 502. The lowest BCUT2D eigenvalue weighted by molar-refractivity contribution is -0.119. The average Bonchev–Trinajstić information content (AvgIpc) is 2.37. The van der Waals surface area contributed by atoms with Crippen molar-refractivity contribution in [1.82, 2.24) is 5.32 Å². The highest BCUT2D eigenvalue weighted by Gasteiger charge is 2.22. The van der Waals surface area contributed by atoms with Gasteiger partial charge in [0.25, 0.3) is 0 Å². The minimum Gasteiger partial charge on any atom is -0.508 e. The van der Waals surface area contributed by atoms with Gasteiger partial charge >= 0.3 is 5.97 Å². The second-order valence-corrected chi connectivity index (χ2v) is 4.36. The van der Waals surface area contributed by atoms with E-state index in [0.717, 1.165) is 12.1 Å². The van der Waals surface area contributed by atoms with Crippen molar-refractivity contribution < 1.29 is 30.0 Å². The Balaban J connectivity index is 2.79. The highest BCUT2D eigenvalue weighted by Crippen LogP contribution is 2.28. The molecule has 1 amide bonds. The molecule has 0 saturated heterocycles. The molecule has 2 unspecified atom stereocenters. The van der Waals surface area contributed by atoms with Crippen LogP contribution < -0.4 is 5.32 Å². The number of phenolic OH excluding ortho intramolecular Hbond substituents is 1. The molecule has 1 aromatic rings. The fourth-order valence-corrected chi connectivity index (χ4v) is 1.69. The molecule has 0 aromatic heterocycles. The summed E-state index contributed by atoms with van der Waals surface area (Å²) < 4.78 is 0. The minimum atomic E-state index is -1.44. The van der Waals surface area contributed by atoms with Gasteiger partial charge in [-0.1, -0.05) is 0 Å². The maximum atomic E-state index is 10.8. The lowest BCUT2D eigenvalue weighted by atomic mass is 9.99. The van der Waals surface area contributed by atoms with Gasteiger partial charge in [-0.15, -0.1) is 0 Å². The summed E-state index contributed by atoms with van der Waals surface area (Å²) in [7, 11) is 0. The van der Waals surface area contributed by atoms with Crippen LogP contribution in [-0.2, 0) is 4.79 Å². The van der Waals surface area contributed by atoms with Gasteiger partial charge in [-0.3, -0.25) is 4.79 Å². The van der Waals surface area contributed by atoms with E-state index in [2.05, 4.69) is 5.32 Å². The zero-order chi connectivity index (χ0) is 15.3. The molecule has 20 heavy (non-hydrogen) atoms. The summed E-state index contributed by atoms with van der Waals surface area (Å²) in [4.78, 5) is 21.5. The van der Waals surface area contributed by atoms with Gasteiger partial charge in [-0.25, -0.2) is 4.79 Å². The molecule has 5 N–H and O–H groups in total. The number of carboxylic acids is 1. The van der Waals surface area contributed by atoms with E-state index >= 15 is 0 Å². The zero-order valence-electron chi connectivity index (χ0n) is 10.9. The van der Waals surface area contributed by atoms with Crippen LogP contribution in [0.2, 0.25) is 0 Å². The van der Waals surface area contributed by atoms with Crippen molar-refractivity contribution in [3.63, 3.8) is 0 Å². The maximum absolute atomic E-state index is 10.8. The van der Waals surface area contributed by atoms with Crippen LogP contribution in [0.5, 0.6) is 5.75 Å². The van der Waals surface area contributed by atoms with Crippen molar-refractivity contribution in [3.05, 3.63) is 29.3 Å². The number of carbonyl (C=O) groups is 2. The first-order chi connectivity index (χ1) is 9.32. The predicted molar refractivity (Wildman–Crippen MR) is 69.3 cm³/mol. The van der Waals surface area contributed by atoms with E-state index in [1.807, 2.05) is 0 Å². The van der Waals surface area contributed by atoms with Gasteiger partial charge in [0.15, 0.2) is 0 Å². The Morgan fingerprint density at radius 3 is 2.50 bits per heavy atom.